The van der Waals surface area contributed by atoms with E-state index < -0.39 is 0 Å². The summed E-state index contributed by atoms with van der Waals surface area (Å²) in [6.07, 6.45) is 3.39. The zero-order valence-corrected chi connectivity index (χ0v) is 8.63. The van der Waals surface area contributed by atoms with Gasteiger partial charge in [-0.2, -0.15) is 0 Å². The molecule has 0 saturated carbocycles. The molecule has 2 nitrogen and oxygen atoms in total. The van der Waals surface area contributed by atoms with Crippen LogP contribution < -0.4 is 4.72 Å². The van der Waals surface area contributed by atoms with Gasteiger partial charge in [0.2, 0.25) is 0 Å². The predicted octanol–water partition coefficient (Wildman–Crippen LogP) is 3.47. The van der Waals surface area contributed by atoms with Crippen molar-refractivity contribution in [1.82, 2.24) is 0 Å². The van der Waals surface area contributed by atoms with Gasteiger partial charge in [0.25, 0.3) is 0 Å². The molecule has 0 unspecified atom stereocenters. The Morgan fingerprint density at radius 2 is 2.07 bits per heavy atom. The second kappa shape index (κ2) is 6.05. The molecule has 1 aromatic rings. The van der Waals surface area contributed by atoms with E-state index in [-0.39, 0.29) is 0 Å². The van der Waals surface area contributed by atoms with Crippen LogP contribution in [0.15, 0.2) is 59.1 Å². The van der Waals surface area contributed by atoms with Crippen LogP contribution in [-0.2, 0) is 0 Å². The Labute approximate surface area is 88.6 Å². The van der Waals surface area contributed by atoms with Crippen LogP contribution in [0, 0.1) is 0 Å². The van der Waals surface area contributed by atoms with Gasteiger partial charge in [0.15, 0.2) is 0 Å². The monoisotopic (exact) mass is 204 g/mol. The number of anilines is 1. The first-order valence-corrected chi connectivity index (χ1v) is 4.95. The molecule has 3 heteroatoms. The van der Waals surface area contributed by atoms with Gasteiger partial charge in [0.1, 0.15) is 0 Å². The van der Waals surface area contributed by atoms with E-state index in [9.17, 15) is 0 Å². The molecule has 0 aliphatic heterocycles. The molecule has 0 aliphatic carbocycles. The van der Waals surface area contributed by atoms with Gasteiger partial charge in [-0.1, -0.05) is 30.9 Å². The molecule has 0 spiro atoms. The van der Waals surface area contributed by atoms with Gasteiger partial charge in [-0.25, -0.2) is 0 Å². The number of hydrogen-bond acceptors (Lipinski definition) is 3. The fourth-order valence-corrected chi connectivity index (χ4v) is 1.42. The van der Waals surface area contributed by atoms with Crippen LogP contribution in [-0.4, -0.2) is 6.72 Å². The molecular weight excluding hydrogens is 192 g/mol. The molecule has 1 N–H and O–H groups in total. The van der Waals surface area contributed by atoms with Crippen LogP contribution in [0.1, 0.15) is 0 Å². The molecule has 0 aromatic heterocycles. The average molecular weight is 204 g/mol. The van der Waals surface area contributed by atoms with Crippen molar-refractivity contribution in [2.45, 2.75) is 0 Å². The van der Waals surface area contributed by atoms with Crippen LogP contribution in [0.25, 0.3) is 0 Å². The maximum atomic E-state index is 3.68. The molecule has 0 bridgehead atoms. The highest BCUT2D eigenvalue weighted by atomic mass is 32.2. The smallest absolute Gasteiger partial charge is 0.0461 e. The van der Waals surface area contributed by atoms with Crippen LogP contribution in [0.3, 0.4) is 0 Å². The third-order valence-electron chi connectivity index (χ3n) is 1.48. The summed E-state index contributed by atoms with van der Waals surface area (Å²) in [6.45, 7) is 7.06. The van der Waals surface area contributed by atoms with Crippen molar-refractivity contribution in [3.63, 3.8) is 0 Å². The number of nitrogens with one attached hydrogen (secondary N) is 1. The van der Waals surface area contributed by atoms with Gasteiger partial charge in [0.05, 0.1) is 0 Å². The highest BCUT2D eigenvalue weighted by Gasteiger charge is 1.92. The summed E-state index contributed by atoms with van der Waals surface area (Å²) in [7, 11) is 0. The van der Waals surface area contributed by atoms with Gasteiger partial charge in [-0.15, -0.1) is 0 Å². The molecule has 1 aromatic carbocycles. The van der Waals surface area contributed by atoms with Crippen LogP contribution >= 0.6 is 11.9 Å². The SMILES string of the molecule is C=C/C(=C\N=C)SNc1ccccc1. The lowest BCUT2D eigenvalue weighted by Crippen LogP contribution is -1.85. The minimum Gasteiger partial charge on any atom is -0.326 e. The highest BCUT2D eigenvalue weighted by Crippen LogP contribution is 2.19. The first-order valence-electron chi connectivity index (χ1n) is 4.13. The average Bonchev–Trinajstić information content (AvgIpc) is 2.25. The molecule has 0 amide bonds. The second-order valence-electron chi connectivity index (χ2n) is 2.49. The fourth-order valence-electron chi connectivity index (χ4n) is 0.835. The van der Waals surface area contributed by atoms with Gasteiger partial charge in [-0.05, 0) is 30.8 Å². The van der Waals surface area contributed by atoms with Crippen molar-refractivity contribution in [2.24, 2.45) is 4.99 Å². The van der Waals surface area contributed by atoms with Gasteiger partial charge >= 0.3 is 0 Å². The molecule has 72 valence electrons. The third kappa shape index (κ3) is 3.49. The summed E-state index contributed by atoms with van der Waals surface area (Å²) in [5.41, 5.74) is 1.05. The fraction of sp³-hybridized carbons (Fsp3) is 0. The minimum atomic E-state index is 0.934. The first-order chi connectivity index (χ1) is 6.86. The maximum Gasteiger partial charge on any atom is 0.0461 e. The molecule has 1 rings (SSSR count). The van der Waals surface area contributed by atoms with Gasteiger partial charge in [-0.3, -0.25) is 4.99 Å². The molecule has 14 heavy (non-hydrogen) atoms. The van der Waals surface area contributed by atoms with Crippen LogP contribution in [0.4, 0.5) is 5.69 Å². The Morgan fingerprint density at radius 3 is 2.64 bits per heavy atom. The largest absolute Gasteiger partial charge is 0.326 e. The standard InChI is InChI=1S/C11H12N2S/c1-3-11(9-12-2)14-13-10-7-5-4-6-8-10/h3-9,13H,1-2H2/b11-9+. The quantitative estimate of drug-likeness (QED) is 0.451. The Balaban J connectivity index is 2.52. The summed E-state index contributed by atoms with van der Waals surface area (Å²) in [4.78, 5) is 4.61. The van der Waals surface area contributed by atoms with E-state index in [2.05, 4.69) is 23.0 Å². The number of allylic oxidation sites excluding steroid dienone is 1. The number of rotatable bonds is 5. The van der Waals surface area contributed by atoms with E-state index >= 15 is 0 Å². The normalized spacial score (nSPS) is 10.7. The zero-order chi connectivity index (χ0) is 10.2. The first kappa shape index (κ1) is 10.6. The number of hydrogen-bond donors (Lipinski definition) is 1. The van der Waals surface area contributed by atoms with E-state index in [0.29, 0.717) is 0 Å². The van der Waals surface area contributed by atoms with E-state index in [4.69, 9.17) is 0 Å². The highest BCUT2D eigenvalue weighted by molar-refractivity contribution is 8.04. The molecule has 0 heterocycles. The Kier molecular flexibility index (Phi) is 4.58. The van der Waals surface area contributed by atoms with E-state index in [1.807, 2.05) is 30.3 Å². The van der Waals surface area contributed by atoms with Crippen LogP contribution in [0.5, 0.6) is 0 Å². The van der Waals surface area contributed by atoms with E-state index in [1.165, 1.54) is 11.9 Å². The summed E-state index contributed by atoms with van der Waals surface area (Å²) in [5.74, 6) is 0. The molecule has 0 atom stereocenters. The summed E-state index contributed by atoms with van der Waals surface area (Å²) in [5, 5.41) is 0. The second-order valence-corrected chi connectivity index (χ2v) is 3.37. The Morgan fingerprint density at radius 1 is 1.36 bits per heavy atom. The molecule has 0 saturated heterocycles. The van der Waals surface area contributed by atoms with Crippen molar-refractivity contribution >= 4 is 24.4 Å². The lowest BCUT2D eigenvalue weighted by molar-refractivity contribution is 1.60. The van der Waals surface area contributed by atoms with Gasteiger partial charge < -0.3 is 4.72 Å². The van der Waals surface area contributed by atoms with Gasteiger partial charge in [0, 0.05) is 16.8 Å². The van der Waals surface area contributed by atoms with Crippen molar-refractivity contribution in [2.75, 3.05) is 4.72 Å². The van der Waals surface area contributed by atoms with E-state index in [1.54, 1.807) is 12.3 Å². The third-order valence-corrected chi connectivity index (χ3v) is 2.33. The molecule has 0 radical (unpaired) electrons. The lowest BCUT2D eigenvalue weighted by Gasteiger charge is -2.04. The van der Waals surface area contributed by atoms with Crippen molar-refractivity contribution in [3.05, 3.63) is 54.1 Å². The molecule has 0 aliphatic rings. The number of nitrogens with zero attached hydrogens (tertiary/aromatic N) is 1. The van der Waals surface area contributed by atoms with Crippen molar-refractivity contribution in [1.29, 1.82) is 0 Å². The topological polar surface area (TPSA) is 24.4 Å². The summed E-state index contributed by atoms with van der Waals surface area (Å²) >= 11 is 1.46. The minimum absolute atomic E-state index is 0.934. The Hall–Kier alpha value is -1.48. The lowest BCUT2D eigenvalue weighted by atomic mass is 10.3. The number of para-hydroxylation sites is 1. The number of aliphatic imine (C=N–C) groups is 1. The maximum absolute atomic E-state index is 3.68. The summed E-state index contributed by atoms with van der Waals surface area (Å²) < 4.78 is 3.17. The predicted molar refractivity (Wildman–Crippen MR) is 65.5 cm³/mol. The van der Waals surface area contributed by atoms with Crippen LogP contribution in [0.2, 0.25) is 0 Å². The van der Waals surface area contributed by atoms with E-state index in [0.717, 1.165) is 10.6 Å². The van der Waals surface area contributed by atoms with Crippen molar-refractivity contribution in [3.8, 4) is 0 Å². The Bertz CT molecular complexity index is 330. The zero-order valence-electron chi connectivity index (χ0n) is 7.81. The van der Waals surface area contributed by atoms with Crippen molar-refractivity contribution < 1.29 is 0 Å². The number of benzene rings is 1. The molecular formula is C11H12N2S. The summed E-state index contributed by atoms with van der Waals surface area (Å²) in [6, 6.07) is 9.92. The molecule has 0 fully saturated rings.